The molecule has 0 aliphatic heterocycles. The van der Waals surface area contributed by atoms with E-state index in [4.69, 9.17) is 0 Å². The molecule has 0 radical (unpaired) electrons. The summed E-state index contributed by atoms with van der Waals surface area (Å²) < 4.78 is 3.47. The van der Waals surface area contributed by atoms with E-state index in [1.165, 1.54) is 28.7 Å². The highest BCUT2D eigenvalue weighted by molar-refractivity contribution is 6.23. The van der Waals surface area contributed by atoms with Gasteiger partial charge >= 0.3 is 0 Å². The number of fused-ring (bicyclic) bond motifs is 8. The largest absolute Gasteiger partial charge is 0.276 e. The molecule has 34 heavy (non-hydrogen) atoms. The zero-order valence-electron chi connectivity index (χ0n) is 18.4. The molecule has 0 saturated heterocycles. The van der Waals surface area contributed by atoms with Crippen molar-refractivity contribution in [1.29, 1.82) is 0 Å². The van der Waals surface area contributed by atoms with E-state index in [2.05, 4.69) is 31.4 Å². The minimum absolute atomic E-state index is 0.0649. The quantitative estimate of drug-likeness (QED) is 0.266. The number of allylic oxidation sites excluding steroid dienone is 2. The number of carbonyl (C=O) groups is 2. The highest BCUT2D eigenvalue weighted by Crippen LogP contribution is 2.46. The van der Waals surface area contributed by atoms with E-state index in [0.717, 1.165) is 38.2 Å². The molecule has 0 spiro atoms. The fourth-order valence-electron chi connectivity index (χ4n) is 4.85. The van der Waals surface area contributed by atoms with Crippen LogP contribution in [-0.4, -0.2) is 20.9 Å². The van der Waals surface area contributed by atoms with Gasteiger partial charge in [0.05, 0.1) is 22.1 Å². The van der Waals surface area contributed by atoms with Crippen molar-refractivity contribution in [1.82, 2.24) is 9.13 Å². The minimum Gasteiger partial charge on any atom is -0.276 e. The lowest BCUT2D eigenvalue weighted by Crippen LogP contribution is -2.05. The van der Waals surface area contributed by atoms with Crippen molar-refractivity contribution in [3.63, 3.8) is 0 Å². The van der Waals surface area contributed by atoms with Crippen molar-refractivity contribution in [3.05, 3.63) is 110 Å². The standard InChI is InChI=1S/C15H9NO.C15H11NO/c1-2-14(17)16-13-6-4-3-5-10(13)12-8-9-7-11(9)15(12)16;1-2-15(17)16-13-9-5-3-7-11(13)12-8-4-6-10-14(12)16/h2-8H,1H2;2-10H,1H2. The summed E-state index contributed by atoms with van der Waals surface area (Å²) in [4.78, 5) is 24.0. The zero-order valence-corrected chi connectivity index (χ0v) is 18.4. The molecule has 0 unspecified atom stereocenters. The second-order valence-corrected chi connectivity index (χ2v) is 8.23. The summed E-state index contributed by atoms with van der Waals surface area (Å²) in [6.45, 7) is 7.14. The van der Waals surface area contributed by atoms with Crippen molar-refractivity contribution in [2.75, 3.05) is 0 Å². The van der Waals surface area contributed by atoms with Gasteiger partial charge in [0.25, 0.3) is 11.8 Å². The minimum atomic E-state index is -0.0950. The van der Waals surface area contributed by atoms with Gasteiger partial charge in [-0.05, 0) is 48.0 Å². The van der Waals surface area contributed by atoms with Gasteiger partial charge in [0.15, 0.2) is 0 Å². The molecule has 7 rings (SSSR count). The average Bonchev–Trinajstić information content (AvgIpc) is 3.27. The predicted octanol–water partition coefficient (Wildman–Crippen LogP) is 7.22. The van der Waals surface area contributed by atoms with Crippen LogP contribution in [0.2, 0.25) is 0 Å². The first-order valence-corrected chi connectivity index (χ1v) is 11.0. The molecule has 0 saturated carbocycles. The molecule has 0 fully saturated rings. The van der Waals surface area contributed by atoms with Crippen LogP contribution in [0.15, 0.2) is 110 Å². The van der Waals surface area contributed by atoms with Gasteiger partial charge in [-0.15, -0.1) is 0 Å². The number of hydrogen-bond donors (Lipinski definition) is 0. The molecular formula is C30H20N2O2. The molecular weight excluding hydrogens is 420 g/mol. The van der Waals surface area contributed by atoms with Gasteiger partial charge in [0.2, 0.25) is 0 Å². The highest BCUT2D eigenvalue weighted by atomic mass is 16.2. The summed E-state index contributed by atoms with van der Waals surface area (Å²) in [5, 5.41) is 4.50. The normalized spacial score (nSPS) is 11.4. The van der Waals surface area contributed by atoms with Crippen LogP contribution >= 0.6 is 0 Å². The van der Waals surface area contributed by atoms with Crippen LogP contribution in [0.3, 0.4) is 0 Å². The highest BCUT2D eigenvalue weighted by Gasteiger charge is 2.25. The molecule has 2 aliphatic carbocycles. The fraction of sp³-hybridized carbons (Fsp3) is 0. The van der Waals surface area contributed by atoms with Crippen LogP contribution in [0.5, 0.6) is 0 Å². The maximum Gasteiger partial charge on any atom is 0.254 e. The number of rotatable bonds is 2. The molecule has 3 aromatic carbocycles. The predicted molar refractivity (Wildman–Crippen MR) is 140 cm³/mol. The molecule has 0 amide bonds. The number of carbonyl (C=O) groups excluding carboxylic acids is 2. The molecule has 4 nitrogen and oxygen atoms in total. The topological polar surface area (TPSA) is 44.0 Å². The Balaban J connectivity index is 0.000000128. The van der Waals surface area contributed by atoms with Crippen LogP contribution in [0.25, 0.3) is 54.7 Å². The van der Waals surface area contributed by atoms with Gasteiger partial charge in [-0.2, -0.15) is 0 Å². The fourth-order valence-corrected chi connectivity index (χ4v) is 4.85. The van der Waals surface area contributed by atoms with Gasteiger partial charge in [-0.1, -0.05) is 67.8 Å². The number of aromatic nitrogens is 2. The van der Waals surface area contributed by atoms with Gasteiger partial charge < -0.3 is 0 Å². The summed E-state index contributed by atoms with van der Waals surface area (Å²) in [7, 11) is 0. The van der Waals surface area contributed by atoms with Crippen molar-refractivity contribution in [2.24, 2.45) is 0 Å². The number of para-hydroxylation sites is 3. The SMILES string of the molecule is C=CC(=O)n1c2ccccc2c2cc3cc-3c21.C=CC(=O)n1c2ccccc2c2ccccc21. The second-order valence-electron chi connectivity index (χ2n) is 8.23. The van der Waals surface area contributed by atoms with Gasteiger partial charge in [-0.25, -0.2) is 0 Å². The van der Waals surface area contributed by atoms with E-state index >= 15 is 0 Å². The van der Waals surface area contributed by atoms with Crippen LogP contribution in [0, 0.1) is 0 Å². The Morgan fingerprint density at radius 3 is 1.56 bits per heavy atom. The third-order valence-electron chi connectivity index (χ3n) is 6.37. The average molecular weight is 441 g/mol. The molecule has 2 aromatic heterocycles. The molecule has 2 heterocycles. The summed E-state index contributed by atoms with van der Waals surface area (Å²) >= 11 is 0. The molecule has 0 atom stereocenters. The second kappa shape index (κ2) is 7.42. The molecule has 4 heteroatoms. The van der Waals surface area contributed by atoms with E-state index in [-0.39, 0.29) is 11.8 Å². The lowest BCUT2D eigenvalue weighted by molar-refractivity contribution is 0.0970. The Bertz CT molecular complexity index is 1720. The summed E-state index contributed by atoms with van der Waals surface area (Å²) in [6.07, 6.45) is 2.71. The van der Waals surface area contributed by atoms with Crippen LogP contribution < -0.4 is 0 Å². The lowest BCUT2D eigenvalue weighted by Gasteiger charge is -2.00. The molecule has 0 bridgehead atoms. The Morgan fingerprint density at radius 1 is 0.588 bits per heavy atom. The van der Waals surface area contributed by atoms with E-state index < -0.39 is 0 Å². The van der Waals surface area contributed by atoms with Gasteiger partial charge in [0, 0.05) is 27.1 Å². The number of benzene rings is 4. The van der Waals surface area contributed by atoms with Crippen LogP contribution in [0.4, 0.5) is 0 Å². The Labute approximate surface area is 195 Å². The summed E-state index contributed by atoms with van der Waals surface area (Å²) in [6, 6.07) is 28.1. The summed E-state index contributed by atoms with van der Waals surface area (Å²) in [5.41, 5.74) is 6.31. The monoisotopic (exact) mass is 440 g/mol. The summed E-state index contributed by atoms with van der Waals surface area (Å²) in [5.74, 6) is -0.160. The third kappa shape index (κ3) is 2.79. The Hall–Kier alpha value is -4.70. The molecule has 2 aliphatic rings. The first kappa shape index (κ1) is 19.9. The van der Waals surface area contributed by atoms with Gasteiger partial charge in [-0.3, -0.25) is 18.7 Å². The van der Waals surface area contributed by atoms with Crippen molar-refractivity contribution >= 4 is 55.4 Å². The smallest absolute Gasteiger partial charge is 0.254 e. The third-order valence-corrected chi connectivity index (χ3v) is 6.37. The van der Waals surface area contributed by atoms with Crippen molar-refractivity contribution in [2.45, 2.75) is 0 Å². The number of nitrogens with zero attached hydrogens (tertiary/aromatic N) is 2. The maximum absolute atomic E-state index is 12.0. The lowest BCUT2D eigenvalue weighted by atomic mass is 10.2. The molecule has 0 N–H and O–H groups in total. The van der Waals surface area contributed by atoms with Crippen LogP contribution in [-0.2, 0) is 0 Å². The van der Waals surface area contributed by atoms with Crippen LogP contribution in [0.1, 0.15) is 9.59 Å². The first-order valence-electron chi connectivity index (χ1n) is 11.0. The molecule has 5 aromatic rings. The Kier molecular flexibility index (Phi) is 4.36. The van der Waals surface area contributed by atoms with E-state index in [1.807, 2.05) is 66.7 Å². The number of hydrogen-bond acceptors (Lipinski definition) is 2. The zero-order chi connectivity index (χ0) is 23.4. The molecule has 162 valence electrons. The van der Waals surface area contributed by atoms with E-state index in [1.54, 1.807) is 9.13 Å². The first-order chi connectivity index (χ1) is 16.6. The Morgan fingerprint density at radius 2 is 1.03 bits per heavy atom. The van der Waals surface area contributed by atoms with E-state index in [9.17, 15) is 9.59 Å². The maximum atomic E-state index is 12.0. The van der Waals surface area contributed by atoms with Crippen molar-refractivity contribution in [3.8, 4) is 11.1 Å². The van der Waals surface area contributed by atoms with E-state index in [0.29, 0.717) is 0 Å². The van der Waals surface area contributed by atoms with Gasteiger partial charge in [0.1, 0.15) is 0 Å². The van der Waals surface area contributed by atoms with Crippen molar-refractivity contribution < 1.29 is 9.59 Å².